The molecule has 0 spiro atoms. The number of rotatable bonds is 5. The highest BCUT2D eigenvalue weighted by Crippen LogP contribution is 2.38. The fraction of sp³-hybridized carbons (Fsp3) is 0.231. The van der Waals surface area contributed by atoms with E-state index in [1.807, 2.05) is 6.07 Å². The summed E-state index contributed by atoms with van der Waals surface area (Å²) >= 11 is 1.80. The van der Waals surface area contributed by atoms with Crippen LogP contribution in [0.3, 0.4) is 0 Å². The van der Waals surface area contributed by atoms with E-state index in [0.717, 1.165) is 17.2 Å². The van der Waals surface area contributed by atoms with Gasteiger partial charge in [-0.3, -0.25) is 0 Å². The number of hydrogen-bond acceptors (Lipinski definition) is 1. The molecule has 2 heteroatoms. The maximum absolute atomic E-state index is 13.6. The maximum atomic E-state index is 13.6. The molecule has 0 N–H and O–H groups in total. The molecule has 0 aliphatic rings. The molecule has 0 bridgehead atoms. The van der Waals surface area contributed by atoms with Crippen molar-refractivity contribution >= 4 is 53.1 Å². The molecule has 0 aliphatic heterocycles. The Kier molecular flexibility index (Phi) is 4.52. The lowest BCUT2D eigenvalue weighted by Gasteiger charge is -2.05. The van der Waals surface area contributed by atoms with Crippen molar-refractivity contribution in [1.82, 2.24) is 0 Å². The molecule has 0 radical (unpaired) electrons. The highest BCUT2D eigenvalue weighted by Gasteiger charge is 2.09. The van der Waals surface area contributed by atoms with Crippen molar-refractivity contribution in [1.29, 1.82) is 0 Å². The molecule has 28 heavy (non-hydrogen) atoms. The maximum Gasteiger partial charge on any atom is 0.123 e. The second-order valence-corrected chi connectivity index (χ2v) is 8.87. The molecule has 0 aliphatic carbocycles. The van der Waals surface area contributed by atoms with Gasteiger partial charge in [0, 0.05) is 20.2 Å². The number of aryl methyl sites for hydroxylation is 1. The molecule has 0 amide bonds. The molecule has 1 aromatic heterocycles. The van der Waals surface area contributed by atoms with Crippen molar-refractivity contribution in [2.24, 2.45) is 0 Å². The van der Waals surface area contributed by atoms with Gasteiger partial charge in [-0.05, 0) is 76.3 Å². The van der Waals surface area contributed by atoms with Crippen LogP contribution in [0.4, 0.5) is 4.39 Å². The van der Waals surface area contributed by atoms with Gasteiger partial charge < -0.3 is 0 Å². The first-order valence-corrected chi connectivity index (χ1v) is 11.0. The third kappa shape index (κ3) is 3.16. The van der Waals surface area contributed by atoms with E-state index in [-0.39, 0.29) is 5.82 Å². The molecule has 0 atom stereocenters. The quantitative estimate of drug-likeness (QED) is 0.265. The second-order valence-electron chi connectivity index (χ2n) is 7.78. The van der Waals surface area contributed by atoms with Gasteiger partial charge in [-0.15, -0.1) is 11.3 Å². The average Bonchev–Trinajstić information content (AvgIpc) is 3.04. The molecule has 140 valence electrons. The van der Waals surface area contributed by atoms with Gasteiger partial charge >= 0.3 is 0 Å². The lowest BCUT2D eigenvalue weighted by Crippen LogP contribution is -1.86. The van der Waals surface area contributed by atoms with E-state index >= 15 is 0 Å². The van der Waals surface area contributed by atoms with E-state index in [0.29, 0.717) is 0 Å². The summed E-state index contributed by atoms with van der Waals surface area (Å²) in [5, 5.41) is 7.26. The minimum atomic E-state index is -0.176. The summed E-state index contributed by atoms with van der Waals surface area (Å²) in [6.45, 7) is 2.26. The predicted molar refractivity (Wildman–Crippen MR) is 122 cm³/mol. The fourth-order valence-corrected chi connectivity index (χ4v) is 5.36. The summed E-state index contributed by atoms with van der Waals surface area (Å²) in [7, 11) is 0. The number of unbranched alkanes of at least 4 members (excludes halogenated alkanes) is 3. The normalized spacial score (nSPS) is 11.9. The van der Waals surface area contributed by atoms with Crippen LogP contribution in [0.15, 0.2) is 60.7 Å². The number of hydrogen-bond donors (Lipinski definition) is 0. The van der Waals surface area contributed by atoms with Crippen LogP contribution in [-0.2, 0) is 6.42 Å². The van der Waals surface area contributed by atoms with Gasteiger partial charge in [0.1, 0.15) is 5.82 Å². The lowest BCUT2D eigenvalue weighted by molar-refractivity contribution is 0.630. The molecule has 0 nitrogen and oxygen atoms in total. The SMILES string of the molecule is CCCCCCc1ccc2cc3sc4cc5cc(F)ccc5cc4c3cc2c1. The van der Waals surface area contributed by atoms with Gasteiger partial charge in [-0.1, -0.05) is 50.5 Å². The standard InChI is InChI=1S/C26H23FS/c1-2-3-4-5-6-17-7-8-19-15-25-24(14-20(19)11-17)23-13-18-9-10-22(27)12-21(18)16-26(23)28-25/h7-16H,2-6H2,1H3. The van der Waals surface area contributed by atoms with Gasteiger partial charge in [-0.2, -0.15) is 0 Å². The van der Waals surface area contributed by atoms with E-state index in [1.165, 1.54) is 62.2 Å². The Morgan fingerprint density at radius 1 is 0.679 bits per heavy atom. The van der Waals surface area contributed by atoms with E-state index < -0.39 is 0 Å². The summed E-state index contributed by atoms with van der Waals surface area (Å²) in [4.78, 5) is 0. The number of thiophene rings is 1. The highest BCUT2D eigenvalue weighted by atomic mass is 32.1. The number of fused-ring (bicyclic) bond motifs is 5. The summed E-state index contributed by atoms with van der Waals surface area (Å²) in [5.41, 5.74) is 1.43. The molecule has 1 heterocycles. The van der Waals surface area contributed by atoms with Gasteiger partial charge in [0.2, 0.25) is 0 Å². The van der Waals surface area contributed by atoms with Crippen LogP contribution in [0, 0.1) is 5.82 Å². The highest BCUT2D eigenvalue weighted by molar-refractivity contribution is 7.26. The van der Waals surface area contributed by atoms with Crippen LogP contribution in [0.25, 0.3) is 41.7 Å². The van der Waals surface area contributed by atoms with Crippen LogP contribution in [0.5, 0.6) is 0 Å². The van der Waals surface area contributed by atoms with Crippen LogP contribution >= 0.6 is 11.3 Å². The van der Waals surface area contributed by atoms with Crippen LogP contribution < -0.4 is 0 Å². The molecule has 0 fully saturated rings. The summed E-state index contributed by atoms with van der Waals surface area (Å²) in [5.74, 6) is -0.176. The molecule has 4 aromatic carbocycles. The van der Waals surface area contributed by atoms with E-state index in [4.69, 9.17) is 0 Å². The fourth-order valence-electron chi connectivity index (χ4n) is 4.19. The topological polar surface area (TPSA) is 0 Å². The molecular weight excluding hydrogens is 363 g/mol. The molecular formula is C26H23FS. The Labute approximate surface area is 168 Å². The Bertz CT molecular complexity index is 1310. The minimum Gasteiger partial charge on any atom is -0.207 e. The Morgan fingerprint density at radius 3 is 2.18 bits per heavy atom. The summed E-state index contributed by atoms with van der Waals surface area (Å²) in [6.07, 6.45) is 6.35. The first-order chi connectivity index (χ1) is 13.7. The zero-order chi connectivity index (χ0) is 19.1. The lowest BCUT2D eigenvalue weighted by atomic mass is 10.00. The smallest absolute Gasteiger partial charge is 0.123 e. The second kappa shape index (κ2) is 7.18. The van der Waals surface area contributed by atoms with Gasteiger partial charge in [-0.25, -0.2) is 4.39 Å². The zero-order valence-corrected chi connectivity index (χ0v) is 16.9. The van der Waals surface area contributed by atoms with Crippen molar-refractivity contribution < 1.29 is 4.39 Å². The van der Waals surface area contributed by atoms with Crippen LogP contribution in [0.2, 0.25) is 0 Å². The van der Waals surface area contributed by atoms with E-state index in [2.05, 4.69) is 49.4 Å². The third-order valence-electron chi connectivity index (χ3n) is 5.73. The molecule has 5 rings (SSSR count). The molecule has 5 aromatic rings. The van der Waals surface area contributed by atoms with Crippen molar-refractivity contribution in [3.63, 3.8) is 0 Å². The van der Waals surface area contributed by atoms with E-state index in [9.17, 15) is 4.39 Å². The number of halogens is 1. The predicted octanol–water partition coefficient (Wildman–Crippen LogP) is 8.62. The van der Waals surface area contributed by atoms with Crippen molar-refractivity contribution in [3.05, 3.63) is 72.0 Å². The Balaban J connectivity index is 1.62. The number of benzene rings is 4. The zero-order valence-electron chi connectivity index (χ0n) is 16.1. The molecule has 0 saturated carbocycles. The monoisotopic (exact) mass is 386 g/mol. The van der Waals surface area contributed by atoms with E-state index in [1.54, 1.807) is 23.5 Å². The van der Waals surface area contributed by atoms with Gasteiger partial charge in [0.25, 0.3) is 0 Å². The van der Waals surface area contributed by atoms with Crippen molar-refractivity contribution in [2.75, 3.05) is 0 Å². The summed E-state index contributed by atoms with van der Waals surface area (Å²) < 4.78 is 16.1. The van der Waals surface area contributed by atoms with Crippen LogP contribution in [0.1, 0.15) is 38.2 Å². The Morgan fingerprint density at radius 2 is 1.36 bits per heavy atom. The van der Waals surface area contributed by atoms with Gasteiger partial charge in [0.05, 0.1) is 0 Å². The van der Waals surface area contributed by atoms with Gasteiger partial charge in [0.15, 0.2) is 0 Å². The first-order valence-electron chi connectivity index (χ1n) is 10.2. The molecule has 0 unspecified atom stereocenters. The van der Waals surface area contributed by atoms with Crippen molar-refractivity contribution in [2.45, 2.75) is 39.0 Å². The first kappa shape index (κ1) is 17.6. The average molecular weight is 387 g/mol. The molecule has 0 saturated heterocycles. The third-order valence-corrected chi connectivity index (χ3v) is 6.85. The van der Waals surface area contributed by atoms with Crippen LogP contribution in [-0.4, -0.2) is 0 Å². The summed E-state index contributed by atoms with van der Waals surface area (Å²) in [6, 6.07) is 20.9. The van der Waals surface area contributed by atoms with Crippen molar-refractivity contribution in [3.8, 4) is 0 Å². The Hall–Kier alpha value is -2.45. The largest absolute Gasteiger partial charge is 0.207 e. The minimum absolute atomic E-state index is 0.176.